The third-order valence-corrected chi connectivity index (χ3v) is 6.23. The largest absolute Gasteiger partial charge is 0.481 e. The topological polar surface area (TPSA) is 114 Å². The molecular weight excluding hydrogens is 460 g/mol. The van der Waals surface area contributed by atoms with Gasteiger partial charge in [0.2, 0.25) is 0 Å². The maximum atomic E-state index is 12.5. The summed E-state index contributed by atoms with van der Waals surface area (Å²) in [6.07, 6.45) is 5.49. The van der Waals surface area contributed by atoms with Gasteiger partial charge in [-0.05, 0) is 76.0 Å². The van der Waals surface area contributed by atoms with Crippen LogP contribution in [-0.4, -0.2) is 57.3 Å². The number of anilines is 2. The molecule has 1 amide bonds. The van der Waals surface area contributed by atoms with Crippen LogP contribution < -0.4 is 10.1 Å². The number of ether oxygens (including phenoxy) is 2. The van der Waals surface area contributed by atoms with Crippen LogP contribution in [0.3, 0.4) is 0 Å². The van der Waals surface area contributed by atoms with E-state index in [2.05, 4.69) is 21.4 Å². The molecule has 0 radical (unpaired) electrons. The summed E-state index contributed by atoms with van der Waals surface area (Å²) >= 11 is 0. The SMILES string of the molecule is CCOc1ncc(Nc2cc(C(CC)CC(=O)O)ccc2C2CCN(C(=O)OC(C)(C)C)CC2)cn1. The molecule has 9 heteroatoms. The maximum absolute atomic E-state index is 12.5. The van der Waals surface area contributed by atoms with Crippen molar-refractivity contribution in [2.75, 3.05) is 25.0 Å². The molecule has 2 N–H and O–H groups in total. The Balaban J connectivity index is 1.83. The number of rotatable bonds is 9. The third-order valence-electron chi connectivity index (χ3n) is 6.23. The van der Waals surface area contributed by atoms with Gasteiger partial charge in [0.1, 0.15) is 5.60 Å². The molecule has 0 aliphatic carbocycles. The van der Waals surface area contributed by atoms with Crippen molar-refractivity contribution in [3.63, 3.8) is 0 Å². The molecule has 36 heavy (non-hydrogen) atoms. The summed E-state index contributed by atoms with van der Waals surface area (Å²) in [4.78, 5) is 34.2. The van der Waals surface area contributed by atoms with Crippen molar-refractivity contribution in [2.45, 2.75) is 77.7 Å². The molecule has 0 bridgehead atoms. The van der Waals surface area contributed by atoms with Crippen LogP contribution in [0.5, 0.6) is 6.01 Å². The zero-order valence-corrected chi connectivity index (χ0v) is 21.9. The molecule has 9 nitrogen and oxygen atoms in total. The molecule has 1 aromatic heterocycles. The number of likely N-dealkylation sites (tertiary alicyclic amines) is 1. The summed E-state index contributed by atoms with van der Waals surface area (Å²) < 4.78 is 10.9. The first-order chi connectivity index (χ1) is 17.1. The van der Waals surface area contributed by atoms with E-state index in [1.54, 1.807) is 17.3 Å². The predicted octanol–water partition coefficient (Wildman–Crippen LogP) is 5.70. The summed E-state index contributed by atoms with van der Waals surface area (Å²) in [6, 6.07) is 6.49. The summed E-state index contributed by atoms with van der Waals surface area (Å²) in [7, 11) is 0. The van der Waals surface area contributed by atoms with Crippen LogP contribution in [0.25, 0.3) is 0 Å². The highest BCUT2D eigenvalue weighted by Gasteiger charge is 2.29. The van der Waals surface area contributed by atoms with E-state index in [-0.39, 0.29) is 24.3 Å². The van der Waals surface area contributed by atoms with E-state index in [1.165, 1.54) is 0 Å². The molecule has 1 fully saturated rings. The van der Waals surface area contributed by atoms with Crippen molar-refractivity contribution < 1.29 is 24.2 Å². The lowest BCUT2D eigenvalue weighted by molar-refractivity contribution is -0.137. The van der Waals surface area contributed by atoms with Crippen molar-refractivity contribution in [1.82, 2.24) is 14.9 Å². The van der Waals surface area contributed by atoms with Gasteiger partial charge in [-0.25, -0.2) is 14.8 Å². The highest BCUT2D eigenvalue weighted by atomic mass is 16.6. The molecule has 2 aromatic rings. The molecule has 1 unspecified atom stereocenters. The number of aliphatic carboxylic acids is 1. The lowest BCUT2D eigenvalue weighted by Gasteiger charge is -2.34. The predicted molar refractivity (Wildman–Crippen MR) is 138 cm³/mol. The first-order valence-corrected chi connectivity index (χ1v) is 12.6. The van der Waals surface area contributed by atoms with Gasteiger partial charge in [-0.2, -0.15) is 0 Å². The molecule has 196 valence electrons. The van der Waals surface area contributed by atoms with Crippen molar-refractivity contribution in [3.8, 4) is 6.01 Å². The number of hydrogen-bond acceptors (Lipinski definition) is 7. The Kier molecular flexibility index (Phi) is 9.12. The number of nitrogens with one attached hydrogen (secondary N) is 1. The van der Waals surface area contributed by atoms with Gasteiger partial charge in [0, 0.05) is 18.8 Å². The van der Waals surface area contributed by atoms with E-state index in [0.717, 1.165) is 36.1 Å². The van der Waals surface area contributed by atoms with Crippen molar-refractivity contribution >= 4 is 23.4 Å². The van der Waals surface area contributed by atoms with Crippen LogP contribution in [0.1, 0.15) is 83.3 Å². The van der Waals surface area contributed by atoms with Crippen LogP contribution in [0.2, 0.25) is 0 Å². The molecule has 3 rings (SSSR count). The van der Waals surface area contributed by atoms with Crippen LogP contribution in [0.15, 0.2) is 30.6 Å². The van der Waals surface area contributed by atoms with E-state index in [1.807, 2.05) is 46.8 Å². The Morgan fingerprint density at radius 2 is 1.83 bits per heavy atom. The van der Waals surface area contributed by atoms with Crippen molar-refractivity contribution in [2.24, 2.45) is 0 Å². The Labute approximate surface area is 213 Å². The van der Waals surface area contributed by atoms with E-state index in [4.69, 9.17) is 9.47 Å². The van der Waals surface area contributed by atoms with Gasteiger partial charge < -0.3 is 24.8 Å². The van der Waals surface area contributed by atoms with E-state index in [0.29, 0.717) is 31.4 Å². The molecule has 1 saturated heterocycles. The first kappa shape index (κ1) is 27.2. The van der Waals surface area contributed by atoms with E-state index >= 15 is 0 Å². The fourth-order valence-corrected chi connectivity index (χ4v) is 4.44. The normalized spacial score (nSPS) is 15.3. The molecule has 2 heterocycles. The Hall–Kier alpha value is -3.36. The van der Waals surface area contributed by atoms with Gasteiger partial charge in [-0.3, -0.25) is 4.79 Å². The summed E-state index contributed by atoms with van der Waals surface area (Å²) in [6.45, 7) is 11.2. The maximum Gasteiger partial charge on any atom is 0.410 e. The lowest BCUT2D eigenvalue weighted by Crippen LogP contribution is -2.41. The first-order valence-electron chi connectivity index (χ1n) is 12.6. The second kappa shape index (κ2) is 12.1. The number of piperidine rings is 1. The zero-order chi connectivity index (χ0) is 26.3. The van der Waals surface area contributed by atoms with E-state index in [9.17, 15) is 14.7 Å². The summed E-state index contributed by atoms with van der Waals surface area (Å²) in [5, 5.41) is 12.8. The zero-order valence-electron chi connectivity index (χ0n) is 21.9. The molecule has 1 aliphatic rings. The second-order valence-electron chi connectivity index (χ2n) is 10.1. The standard InChI is InChI=1S/C27H38N4O5/c1-6-18(15-24(32)33)20-8-9-22(19-10-12-31(13-11-19)26(34)36-27(3,4)5)23(14-20)30-21-16-28-25(29-17-21)35-7-2/h8-9,14,16-19,30H,6-7,10-13,15H2,1-5H3,(H,32,33). The monoisotopic (exact) mass is 498 g/mol. The molecule has 0 spiro atoms. The minimum absolute atomic E-state index is 0.0791. The van der Waals surface area contributed by atoms with Crippen molar-refractivity contribution in [3.05, 3.63) is 41.7 Å². The molecule has 1 atom stereocenters. The Bertz CT molecular complexity index is 1030. The van der Waals surface area contributed by atoms with Gasteiger partial charge in [-0.15, -0.1) is 0 Å². The molecular formula is C27H38N4O5. The van der Waals surface area contributed by atoms with Crippen LogP contribution >= 0.6 is 0 Å². The fourth-order valence-electron chi connectivity index (χ4n) is 4.44. The number of carbonyl (C=O) groups excluding carboxylic acids is 1. The van der Waals surface area contributed by atoms with Gasteiger partial charge in [-0.1, -0.05) is 19.1 Å². The van der Waals surface area contributed by atoms with E-state index < -0.39 is 11.6 Å². The number of carbonyl (C=O) groups is 2. The average molecular weight is 499 g/mol. The van der Waals surface area contributed by atoms with Gasteiger partial charge in [0.05, 0.1) is 31.1 Å². The number of carboxylic acids is 1. The highest BCUT2D eigenvalue weighted by Crippen LogP contribution is 2.37. The summed E-state index contributed by atoms with van der Waals surface area (Å²) in [5.74, 6) is -0.652. The Morgan fingerprint density at radius 3 is 2.39 bits per heavy atom. The van der Waals surface area contributed by atoms with Crippen molar-refractivity contribution in [1.29, 1.82) is 0 Å². The average Bonchev–Trinajstić information content (AvgIpc) is 2.83. The number of carboxylic acid groups (broad SMARTS) is 1. The fraction of sp³-hybridized carbons (Fsp3) is 0.556. The molecule has 0 saturated carbocycles. The number of hydrogen-bond donors (Lipinski definition) is 2. The number of aromatic nitrogens is 2. The minimum atomic E-state index is -0.810. The Morgan fingerprint density at radius 1 is 1.17 bits per heavy atom. The van der Waals surface area contributed by atoms with Gasteiger partial charge in [0.15, 0.2) is 0 Å². The quantitative estimate of drug-likeness (QED) is 0.452. The molecule has 1 aromatic carbocycles. The second-order valence-corrected chi connectivity index (χ2v) is 10.1. The number of benzene rings is 1. The van der Waals surface area contributed by atoms with Crippen LogP contribution in [0.4, 0.5) is 16.2 Å². The van der Waals surface area contributed by atoms with Crippen LogP contribution in [0, 0.1) is 0 Å². The lowest BCUT2D eigenvalue weighted by atomic mass is 9.85. The smallest absolute Gasteiger partial charge is 0.410 e. The van der Waals surface area contributed by atoms with Gasteiger partial charge in [0.25, 0.3) is 0 Å². The highest BCUT2D eigenvalue weighted by molar-refractivity contribution is 5.70. The number of nitrogens with zero attached hydrogens (tertiary/aromatic N) is 3. The minimum Gasteiger partial charge on any atom is -0.481 e. The third kappa shape index (κ3) is 7.57. The number of amides is 1. The summed E-state index contributed by atoms with van der Waals surface area (Å²) in [5.41, 5.74) is 3.20. The van der Waals surface area contributed by atoms with Gasteiger partial charge >= 0.3 is 18.1 Å². The van der Waals surface area contributed by atoms with Crippen LogP contribution in [-0.2, 0) is 9.53 Å². The molecule has 1 aliphatic heterocycles.